The first-order chi connectivity index (χ1) is 7.68. The lowest BCUT2D eigenvalue weighted by Gasteiger charge is -2.03. The number of carbonyl (C=O) groups excluding carboxylic acids is 1. The number of para-hydroxylation sites is 1. The Morgan fingerprint density at radius 1 is 1.19 bits per heavy atom. The minimum atomic E-state index is 0.0701. The molecule has 0 atom stereocenters. The summed E-state index contributed by atoms with van der Waals surface area (Å²) < 4.78 is 0. The van der Waals surface area contributed by atoms with E-state index in [1.165, 1.54) is 0 Å². The Morgan fingerprint density at radius 3 is 2.44 bits per heavy atom. The Morgan fingerprint density at radius 2 is 1.81 bits per heavy atom. The summed E-state index contributed by atoms with van der Waals surface area (Å²) in [6, 6.07) is 9.71. The van der Waals surface area contributed by atoms with Gasteiger partial charge in [0.1, 0.15) is 0 Å². The molecule has 0 fully saturated rings. The fourth-order valence-corrected chi connectivity index (χ4v) is 1.57. The predicted molar refractivity (Wildman–Crippen MR) is 67.8 cm³/mol. The lowest BCUT2D eigenvalue weighted by molar-refractivity contribution is 0.101. The molecule has 0 saturated carbocycles. The molecule has 0 spiro atoms. The van der Waals surface area contributed by atoms with Crippen LogP contribution in [0.1, 0.15) is 36.8 Å². The SMILES string of the molecule is CC.CC(=O)c1cc2ccccc2nc1C. The van der Waals surface area contributed by atoms with Crippen LogP contribution in [0.2, 0.25) is 0 Å². The van der Waals surface area contributed by atoms with Gasteiger partial charge in [0.2, 0.25) is 0 Å². The highest BCUT2D eigenvalue weighted by Crippen LogP contribution is 2.16. The van der Waals surface area contributed by atoms with Gasteiger partial charge >= 0.3 is 0 Å². The van der Waals surface area contributed by atoms with E-state index in [1.807, 2.05) is 51.1 Å². The van der Waals surface area contributed by atoms with Crippen LogP contribution >= 0.6 is 0 Å². The molecule has 0 saturated heterocycles. The van der Waals surface area contributed by atoms with E-state index in [9.17, 15) is 4.79 Å². The van der Waals surface area contributed by atoms with E-state index < -0.39 is 0 Å². The summed E-state index contributed by atoms with van der Waals surface area (Å²) in [7, 11) is 0. The molecule has 0 aliphatic carbocycles. The van der Waals surface area contributed by atoms with Crippen molar-refractivity contribution in [2.24, 2.45) is 0 Å². The topological polar surface area (TPSA) is 30.0 Å². The predicted octanol–water partition coefficient (Wildman–Crippen LogP) is 3.77. The van der Waals surface area contributed by atoms with E-state index in [0.29, 0.717) is 5.56 Å². The lowest BCUT2D eigenvalue weighted by Crippen LogP contribution is -1.98. The van der Waals surface area contributed by atoms with Crippen LogP contribution in [-0.2, 0) is 0 Å². The number of pyridine rings is 1. The minimum absolute atomic E-state index is 0.0701. The number of nitrogens with zero attached hydrogens (tertiary/aromatic N) is 1. The highest BCUT2D eigenvalue weighted by atomic mass is 16.1. The summed E-state index contributed by atoms with van der Waals surface area (Å²) in [5.41, 5.74) is 2.45. The van der Waals surface area contributed by atoms with Crippen LogP contribution in [0.25, 0.3) is 10.9 Å². The van der Waals surface area contributed by atoms with Crippen molar-refractivity contribution >= 4 is 16.7 Å². The molecule has 1 aromatic carbocycles. The van der Waals surface area contributed by atoms with Crippen molar-refractivity contribution in [2.45, 2.75) is 27.7 Å². The number of Topliss-reactive ketones (excluding diaryl/α,β-unsaturated/α-hetero) is 1. The summed E-state index contributed by atoms with van der Waals surface area (Å²) in [6.07, 6.45) is 0. The quantitative estimate of drug-likeness (QED) is 0.678. The normalized spacial score (nSPS) is 9.50. The molecule has 84 valence electrons. The van der Waals surface area contributed by atoms with Crippen molar-refractivity contribution in [3.05, 3.63) is 41.6 Å². The highest BCUT2D eigenvalue weighted by molar-refractivity contribution is 5.98. The van der Waals surface area contributed by atoms with Gasteiger partial charge in [-0.05, 0) is 26.0 Å². The molecule has 1 aromatic heterocycles. The first-order valence-corrected chi connectivity index (χ1v) is 5.56. The average molecular weight is 215 g/mol. The number of fused-ring (bicyclic) bond motifs is 1. The highest BCUT2D eigenvalue weighted by Gasteiger charge is 2.06. The molecular weight excluding hydrogens is 198 g/mol. The van der Waals surface area contributed by atoms with Gasteiger partial charge in [0, 0.05) is 16.6 Å². The van der Waals surface area contributed by atoms with Gasteiger partial charge in [-0.25, -0.2) is 0 Å². The molecule has 0 amide bonds. The van der Waals surface area contributed by atoms with Crippen LogP contribution in [0.3, 0.4) is 0 Å². The third-order valence-electron chi connectivity index (χ3n) is 2.29. The lowest BCUT2D eigenvalue weighted by atomic mass is 10.1. The summed E-state index contributed by atoms with van der Waals surface area (Å²) >= 11 is 0. The van der Waals surface area contributed by atoms with Crippen LogP contribution in [0.15, 0.2) is 30.3 Å². The van der Waals surface area contributed by atoms with Crippen molar-refractivity contribution in [3.8, 4) is 0 Å². The van der Waals surface area contributed by atoms with Gasteiger partial charge in [0.15, 0.2) is 5.78 Å². The molecule has 0 aliphatic heterocycles. The van der Waals surface area contributed by atoms with Gasteiger partial charge in [0.25, 0.3) is 0 Å². The summed E-state index contributed by atoms with van der Waals surface area (Å²) in [5.74, 6) is 0.0701. The van der Waals surface area contributed by atoms with E-state index in [4.69, 9.17) is 0 Å². The van der Waals surface area contributed by atoms with Crippen molar-refractivity contribution in [1.82, 2.24) is 4.98 Å². The van der Waals surface area contributed by atoms with Gasteiger partial charge < -0.3 is 0 Å². The van der Waals surface area contributed by atoms with E-state index in [0.717, 1.165) is 16.6 Å². The summed E-state index contributed by atoms with van der Waals surface area (Å²) in [4.78, 5) is 15.6. The Kier molecular flexibility index (Phi) is 4.18. The van der Waals surface area contributed by atoms with E-state index in [1.54, 1.807) is 6.92 Å². The van der Waals surface area contributed by atoms with E-state index in [2.05, 4.69) is 4.98 Å². The van der Waals surface area contributed by atoms with Crippen LogP contribution in [0, 0.1) is 6.92 Å². The Labute approximate surface area is 96.3 Å². The molecular formula is C14H17NO. The molecule has 1 heterocycles. The molecule has 0 aliphatic rings. The number of rotatable bonds is 1. The van der Waals surface area contributed by atoms with Crippen molar-refractivity contribution in [3.63, 3.8) is 0 Å². The molecule has 0 N–H and O–H groups in total. The maximum Gasteiger partial charge on any atom is 0.161 e. The van der Waals surface area contributed by atoms with Gasteiger partial charge in [-0.1, -0.05) is 32.0 Å². The number of hydrogen-bond acceptors (Lipinski definition) is 2. The molecule has 2 aromatic rings. The third-order valence-corrected chi connectivity index (χ3v) is 2.29. The zero-order valence-electron chi connectivity index (χ0n) is 10.2. The number of aromatic nitrogens is 1. The molecule has 2 rings (SSSR count). The maximum atomic E-state index is 11.3. The molecule has 2 heteroatoms. The fourth-order valence-electron chi connectivity index (χ4n) is 1.57. The first kappa shape index (κ1) is 12.4. The molecule has 0 unspecified atom stereocenters. The molecule has 0 radical (unpaired) electrons. The molecule has 16 heavy (non-hydrogen) atoms. The number of aryl methyl sites for hydroxylation is 1. The van der Waals surface area contributed by atoms with Crippen LogP contribution < -0.4 is 0 Å². The van der Waals surface area contributed by atoms with Gasteiger partial charge in [-0.3, -0.25) is 9.78 Å². The smallest absolute Gasteiger partial charge is 0.161 e. The van der Waals surface area contributed by atoms with Crippen LogP contribution in [0.4, 0.5) is 0 Å². The monoisotopic (exact) mass is 215 g/mol. The van der Waals surface area contributed by atoms with E-state index in [-0.39, 0.29) is 5.78 Å². The Hall–Kier alpha value is -1.70. The minimum Gasteiger partial charge on any atom is -0.294 e. The fraction of sp³-hybridized carbons (Fsp3) is 0.286. The Balaban J connectivity index is 0.000000606. The third kappa shape index (κ3) is 2.45. The first-order valence-electron chi connectivity index (χ1n) is 5.56. The standard InChI is InChI=1S/C12H11NO.C2H6/c1-8-11(9(2)14)7-10-5-3-4-6-12(10)13-8;1-2/h3-7H,1-2H3;1-2H3. The average Bonchev–Trinajstić information content (AvgIpc) is 2.30. The molecule has 2 nitrogen and oxygen atoms in total. The van der Waals surface area contributed by atoms with Gasteiger partial charge in [-0.15, -0.1) is 0 Å². The van der Waals surface area contributed by atoms with Gasteiger partial charge in [0.05, 0.1) is 5.52 Å². The zero-order chi connectivity index (χ0) is 12.1. The second-order valence-electron chi connectivity index (χ2n) is 3.37. The summed E-state index contributed by atoms with van der Waals surface area (Å²) in [5, 5.41) is 1.02. The number of hydrogen-bond donors (Lipinski definition) is 0. The van der Waals surface area contributed by atoms with Crippen LogP contribution in [0.5, 0.6) is 0 Å². The summed E-state index contributed by atoms with van der Waals surface area (Å²) in [6.45, 7) is 7.43. The largest absolute Gasteiger partial charge is 0.294 e. The molecule has 0 bridgehead atoms. The number of carbonyl (C=O) groups is 1. The Bertz CT molecular complexity index is 503. The van der Waals surface area contributed by atoms with Crippen LogP contribution in [-0.4, -0.2) is 10.8 Å². The van der Waals surface area contributed by atoms with Crippen molar-refractivity contribution in [1.29, 1.82) is 0 Å². The zero-order valence-corrected chi connectivity index (χ0v) is 10.2. The second kappa shape index (κ2) is 5.40. The van der Waals surface area contributed by atoms with E-state index >= 15 is 0 Å². The van der Waals surface area contributed by atoms with Crippen molar-refractivity contribution in [2.75, 3.05) is 0 Å². The van der Waals surface area contributed by atoms with Crippen molar-refractivity contribution < 1.29 is 4.79 Å². The van der Waals surface area contributed by atoms with Gasteiger partial charge in [-0.2, -0.15) is 0 Å². The second-order valence-corrected chi connectivity index (χ2v) is 3.37. The number of benzene rings is 1. The number of ketones is 1. The maximum absolute atomic E-state index is 11.3.